The van der Waals surface area contributed by atoms with Gasteiger partial charge in [0, 0.05) is 23.2 Å². The van der Waals surface area contributed by atoms with E-state index in [4.69, 9.17) is 22.7 Å². The zero-order chi connectivity index (χ0) is 14.7. The van der Waals surface area contributed by atoms with E-state index in [9.17, 15) is 0 Å². The predicted octanol–water partition coefficient (Wildman–Crippen LogP) is 2.15. The van der Waals surface area contributed by atoms with E-state index < -0.39 is 0 Å². The van der Waals surface area contributed by atoms with Crippen LogP contribution >= 0.6 is 11.6 Å². The Morgan fingerprint density at radius 3 is 2.65 bits per heavy atom. The van der Waals surface area contributed by atoms with Crippen LogP contribution in [0.5, 0.6) is 0 Å². The molecule has 1 saturated heterocycles. The molecule has 0 radical (unpaired) electrons. The highest BCUT2D eigenvalue weighted by Crippen LogP contribution is 2.22. The molecule has 3 N–H and O–H groups in total. The lowest BCUT2D eigenvalue weighted by molar-refractivity contribution is 0.139. The molecular weight excluding hydrogens is 272 g/mol. The fraction of sp³-hybridized carbons (Fsp3) is 0.533. The van der Waals surface area contributed by atoms with Gasteiger partial charge in [-0.2, -0.15) is 0 Å². The molecule has 4 nitrogen and oxygen atoms in total. The van der Waals surface area contributed by atoms with Crippen LogP contribution in [-0.4, -0.2) is 48.9 Å². The van der Waals surface area contributed by atoms with E-state index in [1.807, 2.05) is 12.1 Å². The van der Waals surface area contributed by atoms with Crippen molar-refractivity contribution in [3.05, 3.63) is 34.3 Å². The van der Waals surface area contributed by atoms with Gasteiger partial charge in [0.05, 0.1) is 0 Å². The van der Waals surface area contributed by atoms with Crippen LogP contribution in [0, 0.1) is 5.41 Å². The van der Waals surface area contributed by atoms with Crippen LogP contribution in [0.3, 0.4) is 0 Å². The highest BCUT2D eigenvalue weighted by molar-refractivity contribution is 6.31. The first-order chi connectivity index (χ1) is 9.47. The van der Waals surface area contributed by atoms with Crippen LogP contribution in [-0.2, 0) is 6.54 Å². The van der Waals surface area contributed by atoms with Gasteiger partial charge in [0.15, 0.2) is 0 Å². The Bertz CT molecular complexity index is 481. The van der Waals surface area contributed by atoms with Crippen LogP contribution in [0.15, 0.2) is 18.2 Å². The number of likely N-dealkylation sites (tertiary alicyclic amines) is 1. The Labute approximate surface area is 126 Å². The van der Waals surface area contributed by atoms with E-state index in [0.717, 1.165) is 25.2 Å². The summed E-state index contributed by atoms with van der Waals surface area (Å²) < 4.78 is 0. The summed E-state index contributed by atoms with van der Waals surface area (Å²) in [7, 11) is 4.33. The van der Waals surface area contributed by atoms with Crippen LogP contribution in [0.2, 0.25) is 5.02 Å². The minimum atomic E-state index is 0.0575. The SMILES string of the molecule is CN1CCC(N(C)Cc2ccc(C(=N)N)cc2Cl)CC1. The number of benzene rings is 1. The number of nitrogens with one attached hydrogen (secondary N) is 1. The second-order valence-electron chi connectivity index (χ2n) is 5.67. The van der Waals surface area contributed by atoms with Gasteiger partial charge in [0.2, 0.25) is 0 Å². The van der Waals surface area contributed by atoms with Crippen LogP contribution in [0.25, 0.3) is 0 Å². The smallest absolute Gasteiger partial charge is 0.122 e. The molecule has 0 saturated carbocycles. The average molecular weight is 295 g/mol. The number of nitrogen functional groups attached to an aromatic ring is 1. The number of nitrogens with two attached hydrogens (primary N) is 1. The lowest BCUT2D eigenvalue weighted by Crippen LogP contribution is -2.41. The van der Waals surface area contributed by atoms with Gasteiger partial charge >= 0.3 is 0 Å². The molecule has 0 atom stereocenters. The fourth-order valence-corrected chi connectivity index (χ4v) is 2.92. The lowest BCUT2D eigenvalue weighted by atomic mass is 10.0. The van der Waals surface area contributed by atoms with Gasteiger partial charge in [0.1, 0.15) is 5.84 Å². The number of hydrogen-bond donors (Lipinski definition) is 2. The zero-order valence-electron chi connectivity index (χ0n) is 12.2. The largest absolute Gasteiger partial charge is 0.384 e. The molecule has 1 fully saturated rings. The summed E-state index contributed by atoms with van der Waals surface area (Å²) in [6, 6.07) is 6.24. The standard InChI is InChI=1S/C15H23ClN4/c1-19-7-5-13(6-8-19)20(2)10-12-4-3-11(15(17)18)9-14(12)16/h3-4,9,13H,5-8,10H2,1-2H3,(H3,17,18). The number of amidine groups is 1. The Kier molecular flexibility index (Phi) is 5.02. The molecule has 1 aliphatic rings. The van der Waals surface area contributed by atoms with Gasteiger partial charge in [-0.15, -0.1) is 0 Å². The maximum atomic E-state index is 7.43. The Morgan fingerprint density at radius 1 is 1.45 bits per heavy atom. The molecule has 0 bridgehead atoms. The molecule has 2 rings (SSSR count). The van der Waals surface area contributed by atoms with Gasteiger partial charge < -0.3 is 10.6 Å². The topological polar surface area (TPSA) is 56.4 Å². The first-order valence-corrected chi connectivity index (χ1v) is 7.37. The highest BCUT2D eigenvalue weighted by atomic mass is 35.5. The summed E-state index contributed by atoms with van der Waals surface area (Å²) >= 11 is 6.29. The Hall–Kier alpha value is -1.10. The molecule has 0 unspecified atom stereocenters. The molecule has 110 valence electrons. The second-order valence-corrected chi connectivity index (χ2v) is 6.08. The molecule has 0 aromatic heterocycles. The third kappa shape index (κ3) is 3.72. The predicted molar refractivity (Wildman–Crippen MR) is 84.5 cm³/mol. The van der Waals surface area contributed by atoms with Crippen molar-refractivity contribution in [3.8, 4) is 0 Å². The quantitative estimate of drug-likeness (QED) is 0.661. The van der Waals surface area contributed by atoms with Crippen LogP contribution < -0.4 is 5.73 Å². The van der Waals surface area contributed by atoms with Gasteiger partial charge in [-0.05, 0) is 51.7 Å². The molecule has 20 heavy (non-hydrogen) atoms. The van der Waals surface area contributed by atoms with Crippen LogP contribution in [0.4, 0.5) is 0 Å². The molecule has 1 heterocycles. The van der Waals surface area contributed by atoms with Crippen molar-refractivity contribution in [1.82, 2.24) is 9.80 Å². The van der Waals surface area contributed by atoms with Crippen molar-refractivity contribution in [2.24, 2.45) is 5.73 Å². The molecule has 5 heteroatoms. The molecule has 0 spiro atoms. The second kappa shape index (κ2) is 6.57. The molecular formula is C15H23ClN4. The van der Waals surface area contributed by atoms with Gasteiger partial charge in [-0.25, -0.2) is 0 Å². The normalized spacial score (nSPS) is 17.6. The number of rotatable bonds is 4. The van der Waals surface area contributed by atoms with Crippen molar-refractivity contribution in [1.29, 1.82) is 5.41 Å². The molecule has 1 aromatic carbocycles. The molecule has 0 aliphatic carbocycles. The highest BCUT2D eigenvalue weighted by Gasteiger charge is 2.21. The maximum Gasteiger partial charge on any atom is 0.122 e. The average Bonchev–Trinajstić information content (AvgIpc) is 2.41. The van der Waals surface area contributed by atoms with Crippen molar-refractivity contribution in [2.45, 2.75) is 25.4 Å². The first kappa shape index (κ1) is 15.3. The van der Waals surface area contributed by atoms with E-state index in [1.54, 1.807) is 6.07 Å². The minimum Gasteiger partial charge on any atom is -0.384 e. The minimum absolute atomic E-state index is 0.0575. The van der Waals surface area contributed by atoms with Crippen molar-refractivity contribution in [2.75, 3.05) is 27.2 Å². The van der Waals surface area contributed by atoms with Crippen LogP contribution in [0.1, 0.15) is 24.0 Å². The molecule has 1 aliphatic heterocycles. The number of nitrogens with zero attached hydrogens (tertiary/aromatic N) is 2. The number of halogens is 1. The Balaban J connectivity index is 2.00. The summed E-state index contributed by atoms with van der Waals surface area (Å²) in [5.74, 6) is 0.0575. The lowest BCUT2D eigenvalue weighted by Gasteiger charge is -2.35. The third-order valence-electron chi connectivity index (χ3n) is 4.10. The molecule has 1 aromatic rings. The number of piperidine rings is 1. The third-order valence-corrected chi connectivity index (χ3v) is 4.45. The van der Waals surface area contributed by atoms with Gasteiger partial charge in [-0.3, -0.25) is 10.3 Å². The summed E-state index contributed by atoms with van der Waals surface area (Å²) in [5, 5.41) is 8.12. The van der Waals surface area contributed by atoms with Gasteiger partial charge in [-0.1, -0.05) is 23.7 Å². The van der Waals surface area contributed by atoms with E-state index >= 15 is 0 Å². The number of hydrogen-bond acceptors (Lipinski definition) is 3. The van der Waals surface area contributed by atoms with Crippen molar-refractivity contribution < 1.29 is 0 Å². The maximum absolute atomic E-state index is 7.43. The zero-order valence-corrected chi connectivity index (χ0v) is 13.0. The summed E-state index contributed by atoms with van der Waals surface area (Å²) in [4.78, 5) is 4.75. The van der Waals surface area contributed by atoms with Crippen molar-refractivity contribution >= 4 is 17.4 Å². The van der Waals surface area contributed by atoms with E-state index in [2.05, 4.69) is 23.9 Å². The van der Waals surface area contributed by atoms with Crippen molar-refractivity contribution in [3.63, 3.8) is 0 Å². The van der Waals surface area contributed by atoms with E-state index in [-0.39, 0.29) is 5.84 Å². The Morgan fingerprint density at radius 2 is 2.10 bits per heavy atom. The monoisotopic (exact) mass is 294 g/mol. The first-order valence-electron chi connectivity index (χ1n) is 6.99. The van der Waals surface area contributed by atoms with Gasteiger partial charge in [0.25, 0.3) is 0 Å². The molecule has 0 amide bonds. The van der Waals surface area contributed by atoms with E-state index in [1.165, 1.54) is 12.8 Å². The van der Waals surface area contributed by atoms with E-state index in [0.29, 0.717) is 16.6 Å². The summed E-state index contributed by atoms with van der Waals surface area (Å²) in [6.07, 6.45) is 2.41. The summed E-state index contributed by atoms with van der Waals surface area (Å²) in [5.41, 5.74) is 7.25. The summed E-state index contributed by atoms with van der Waals surface area (Å²) in [6.45, 7) is 3.16. The fourth-order valence-electron chi connectivity index (χ4n) is 2.68.